The number of phenolic OH excluding ortho intramolecular Hbond substituents is 1. The van der Waals surface area contributed by atoms with E-state index in [1.165, 1.54) is 108 Å². The number of hydrogen-bond acceptors (Lipinski definition) is 6. The third-order valence-corrected chi connectivity index (χ3v) is 6.54. The fraction of sp³-hybridized carbons (Fsp3) is 0.667. The third kappa shape index (κ3) is 12.8. The summed E-state index contributed by atoms with van der Waals surface area (Å²) in [6, 6.07) is 5.18. The second kappa shape index (κ2) is 18.5. The van der Waals surface area contributed by atoms with Crippen molar-refractivity contribution in [2.24, 2.45) is 10.2 Å². The maximum Gasteiger partial charge on any atom is 0.229 e. The molecule has 0 spiro atoms. The van der Waals surface area contributed by atoms with Gasteiger partial charge in [0.25, 0.3) is 0 Å². The number of hydrogen-bond donors (Lipinski definition) is 1. The molecule has 0 fully saturated rings. The van der Waals surface area contributed by atoms with Gasteiger partial charge in [-0.15, -0.1) is 21.6 Å². The molecule has 0 saturated carbocycles. The van der Waals surface area contributed by atoms with Crippen molar-refractivity contribution in [3.63, 3.8) is 0 Å². The van der Waals surface area contributed by atoms with Gasteiger partial charge in [0.15, 0.2) is 11.4 Å². The Morgan fingerprint density at radius 1 is 0.788 bits per heavy atom. The van der Waals surface area contributed by atoms with Crippen LogP contribution in [-0.4, -0.2) is 16.7 Å². The summed E-state index contributed by atoms with van der Waals surface area (Å²) < 4.78 is 5.88. The third-order valence-electron chi connectivity index (χ3n) is 5.89. The molecule has 1 aromatic heterocycles. The fourth-order valence-electron chi connectivity index (χ4n) is 3.92. The molecule has 184 valence electrons. The molecule has 0 atom stereocenters. The second-order valence-electron chi connectivity index (χ2n) is 8.79. The smallest absolute Gasteiger partial charge is 0.229 e. The van der Waals surface area contributed by atoms with Crippen LogP contribution in [0.2, 0.25) is 0 Å². The molecule has 0 saturated heterocycles. The van der Waals surface area contributed by atoms with Gasteiger partial charge in [-0.05, 0) is 18.6 Å². The lowest BCUT2D eigenvalue weighted by atomic mass is 10.0. The number of thiazole rings is 1. The number of phenols is 1. The molecule has 6 heteroatoms. The summed E-state index contributed by atoms with van der Waals surface area (Å²) in [6.07, 6.45) is 23.3. The van der Waals surface area contributed by atoms with Crippen LogP contribution in [0.15, 0.2) is 40.0 Å². The van der Waals surface area contributed by atoms with Crippen LogP contribution in [0.25, 0.3) is 0 Å². The summed E-state index contributed by atoms with van der Waals surface area (Å²) in [4.78, 5) is 4.08. The van der Waals surface area contributed by atoms with Crippen LogP contribution >= 0.6 is 11.3 Å². The summed E-state index contributed by atoms with van der Waals surface area (Å²) in [5.74, 6) is 0.635. The number of nitrogens with zero attached hydrogens (tertiary/aromatic N) is 3. The molecule has 0 aliphatic rings. The number of ether oxygens (including phenoxy) is 1. The highest BCUT2D eigenvalue weighted by Gasteiger charge is 2.09. The van der Waals surface area contributed by atoms with Gasteiger partial charge in [-0.1, -0.05) is 109 Å². The van der Waals surface area contributed by atoms with E-state index >= 15 is 0 Å². The van der Waals surface area contributed by atoms with Crippen molar-refractivity contribution >= 4 is 22.2 Å². The Labute approximate surface area is 204 Å². The van der Waals surface area contributed by atoms with Gasteiger partial charge in [0.2, 0.25) is 5.13 Å². The van der Waals surface area contributed by atoms with Crippen molar-refractivity contribution in [1.29, 1.82) is 0 Å². The van der Waals surface area contributed by atoms with Crippen molar-refractivity contribution in [2.45, 2.75) is 110 Å². The zero-order valence-corrected chi connectivity index (χ0v) is 21.3. The molecular weight excluding hydrogens is 430 g/mol. The van der Waals surface area contributed by atoms with E-state index in [1.807, 2.05) is 11.4 Å². The first-order chi connectivity index (χ1) is 16.3. The maximum absolute atomic E-state index is 10.1. The zero-order chi connectivity index (χ0) is 23.4. The first kappa shape index (κ1) is 27.3. The molecule has 0 aliphatic carbocycles. The maximum atomic E-state index is 10.1. The van der Waals surface area contributed by atoms with Gasteiger partial charge < -0.3 is 9.84 Å². The normalized spacial score (nSPS) is 11.4. The van der Waals surface area contributed by atoms with Gasteiger partial charge >= 0.3 is 0 Å². The van der Waals surface area contributed by atoms with Crippen molar-refractivity contribution in [1.82, 2.24) is 4.98 Å². The van der Waals surface area contributed by atoms with Crippen molar-refractivity contribution in [2.75, 3.05) is 6.61 Å². The van der Waals surface area contributed by atoms with Crippen LogP contribution in [0, 0.1) is 0 Å². The number of azo groups is 1. The molecule has 0 bridgehead atoms. The van der Waals surface area contributed by atoms with Crippen molar-refractivity contribution < 1.29 is 9.84 Å². The minimum Gasteiger partial charge on any atom is -0.505 e. The van der Waals surface area contributed by atoms with Gasteiger partial charge in [0.1, 0.15) is 5.75 Å². The zero-order valence-electron chi connectivity index (χ0n) is 20.5. The highest BCUT2D eigenvalue weighted by molar-refractivity contribution is 7.13. The first-order valence-corrected chi connectivity index (χ1v) is 13.9. The van der Waals surface area contributed by atoms with Gasteiger partial charge in [-0.3, -0.25) is 0 Å². The Bertz CT molecular complexity index is 750. The molecule has 0 unspecified atom stereocenters. The Morgan fingerprint density at radius 3 is 1.91 bits per heavy atom. The van der Waals surface area contributed by atoms with E-state index < -0.39 is 0 Å². The molecule has 2 rings (SSSR count). The lowest BCUT2D eigenvalue weighted by Crippen LogP contribution is -1.97. The average Bonchev–Trinajstić information content (AvgIpc) is 3.34. The van der Waals surface area contributed by atoms with Gasteiger partial charge in [-0.25, -0.2) is 4.98 Å². The minimum atomic E-state index is 0.0692. The fourth-order valence-corrected chi connectivity index (χ4v) is 4.37. The quantitative estimate of drug-likeness (QED) is 0.154. The lowest BCUT2D eigenvalue weighted by Gasteiger charge is -2.09. The van der Waals surface area contributed by atoms with Crippen LogP contribution in [0.4, 0.5) is 10.8 Å². The number of rotatable bonds is 20. The number of aromatic hydroxyl groups is 1. The summed E-state index contributed by atoms with van der Waals surface area (Å²) >= 11 is 1.40. The molecule has 0 aliphatic heterocycles. The molecular formula is C27H43N3O2S. The molecule has 1 aromatic carbocycles. The summed E-state index contributed by atoms with van der Waals surface area (Å²) in [7, 11) is 0. The van der Waals surface area contributed by atoms with Crippen LogP contribution in [0.1, 0.15) is 110 Å². The summed E-state index contributed by atoms with van der Waals surface area (Å²) in [6.45, 7) is 2.91. The SMILES string of the molecule is CCCCCCCCCCCCCCCCCCOc1cccc(O)c1N=Nc1nccs1. The molecule has 5 nitrogen and oxygen atoms in total. The van der Waals surface area contributed by atoms with Gasteiger partial charge in [-0.2, -0.15) is 0 Å². The van der Waals surface area contributed by atoms with E-state index in [9.17, 15) is 5.11 Å². The first-order valence-electron chi connectivity index (χ1n) is 13.1. The second-order valence-corrected chi connectivity index (χ2v) is 9.66. The average molecular weight is 474 g/mol. The Kier molecular flexibility index (Phi) is 15.3. The molecule has 1 N–H and O–H groups in total. The van der Waals surface area contributed by atoms with Crippen LogP contribution in [0.5, 0.6) is 11.5 Å². The van der Waals surface area contributed by atoms with Crippen LogP contribution < -0.4 is 4.74 Å². The Morgan fingerprint density at radius 2 is 1.36 bits per heavy atom. The minimum absolute atomic E-state index is 0.0692. The summed E-state index contributed by atoms with van der Waals surface area (Å²) in [5, 5.41) is 20.7. The lowest BCUT2D eigenvalue weighted by molar-refractivity contribution is 0.303. The predicted octanol–water partition coefficient (Wildman–Crippen LogP) is 9.90. The highest BCUT2D eigenvalue weighted by atomic mass is 32.1. The summed E-state index contributed by atoms with van der Waals surface area (Å²) in [5.41, 5.74) is 0.365. The van der Waals surface area contributed by atoms with E-state index in [1.54, 1.807) is 18.3 Å². The van der Waals surface area contributed by atoms with Crippen LogP contribution in [-0.2, 0) is 0 Å². The van der Waals surface area contributed by atoms with Crippen LogP contribution in [0.3, 0.4) is 0 Å². The van der Waals surface area contributed by atoms with Crippen molar-refractivity contribution in [3.8, 4) is 11.5 Å². The van der Waals surface area contributed by atoms with Gasteiger partial charge in [0, 0.05) is 11.6 Å². The Balaban J connectivity index is 1.45. The monoisotopic (exact) mass is 473 g/mol. The van der Waals surface area contributed by atoms with E-state index in [4.69, 9.17) is 4.74 Å². The molecule has 2 aromatic rings. The van der Waals surface area contributed by atoms with E-state index in [-0.39, 0.29) is 5.75 Å². The topological polar surface area (TPSA) is 67.1 Å². The van der Waals surface area contributed by atoms with E-state index in [2.05, 4.69) is 22.1 Å². The molecule has 0 amide bonds. The number of aromatic nitrogens is 1. The molecule has 1 heterocycles. The van der Waals surface area contributed by atoms with Crippen molar-refractivity contribution in [3.05, 3.63) is 29.8 Å². The number of unbranched alkanes of at least 4 members (excludes halogenated alkanes) is 15. The predicted molar refractivity (Wildman–Crippen MR) is 139 cm³/mol. The van der Waals surface area contributed by atoms with E-state index in [0.29, 0.717) is 23.2 Å². The largest absolute Gasteiger partial charge is 0.505 e. The molecule has 0 radical (unpaired) electrons. The highest BCUT2D eigenvalue weighted by Crippen LogP contribution is 2.37. The standard InChI is InChI=1S/C27H43N3O2S/c1-2-3-4-5-6-7-8-9-10-11-12-13-14-15-16-17-22-32-25-20-18-19-24(31)26(25)29-30-27-28-21-23-33-27/h18-21,23,31H,2-17,22H2,1H3. The van der Waals surface area contributed by atoms with Gasteiger partial charge in [0.05, 0.1) is 6.61 Å². The molecule has 33 heavy (non-hydrogen) atoms. The number of benzene rings is 1. The Hall–Kier alpha value is -1.95. The van der Waals surface area contributed by atoms with E-state index in [0.717, 1.165) is 6.42 Å².